The minimum Gasteiger partial charge on any atom is -0.546 e. The van der Waals surface area contributed by atoms with E-state index in [1.807, 2.05) is 31.2 Å². The molecule has 7 heteroatoms. The number of nitrogens with one attached hydrogen (secondary N) is 1. The first-order valence-electron chi connectivity index (χ1n) is 8.02. The molecular formula is C19H21ClNNaO4. The van der Waals surface area contributed by atoms with Gasteiger partial charge in [0.15, 0.2) is 0 Å². The first kappa shape index (κ1) is 23.0. The van der Waals surface area contributed by atoms with Gasteiger partial charge in [-0.2, -0.15) is 0 Å². The summed E-state index contributed by atoms with van der Waals surface area (Å²) >= 11 is 5.93. The van der Waals surface area contributed by atoms with Gasteiger partial charge in [0.2, 0.25) is 0 Å². The van der Waals surface area contributed by atoms with Crippen molar-refractivity contribution in [2.45, 2.75) is 25.5 Å². The quantitative estimate of drug-likeness (QED) is 0.526. The van der Waals surface area contributed by atoms with Crippen molar-refractivity contribution in [3.05, 3.63) is 64.7 Å². The molecule has 134 valence electrons. The van der Waals surface area contributed by atoms with Crippen LogP contribution in [-0.2, 0) is 11.2 Å². The average Bonchev–Trinajstić information content (AvgIpc) is 2.59. The molecule has 0 aliphatic rings. The van der Waals surface area contributed by atoms with Crippen molar-refractivity contribution in [3.63, 3.8) is 0 Å². The molecule has 0 fully saturated rings. The first-order chi connectivity index (χ1) is 11.9. The van der Waals surface area contributed by atoms with Crippen LogP contribution in [0, 0.1) is 0 Å². The van der Waals surface area contributed by atoms with Crippen LogP contribution in [-0.4, -0.2) is 30.3 Å². The molecule has 0 heterocycles. The number of hydrogen-bond acceptors (Lipinski definition) is 5. The van der Waals surface area contributed by atoms with Crippen LogP contribution in [0.5, 0.6) is 5.75 Å². The molecule has 0 spiro atoms. The number of hydrogen-bond donors (Lipinski definition) is 2. The second kappa shape index (κ2) is 11.6. The molecule has 2 rings (SSSR count). The van der Waals surface area contributed by atoms with Gasteiger partial charge in [-0.15, -0.1) is 0 Å². The number of carboxylic acids is 1. The summed E-state index contributed by atoms with van der Waals surface area (Å²) in [6, 6.07) is 14.6. The smallest absolute Gasteiger partial charge is 0.546 e. The van der Waals surface area contributed by atoms with Crippen LogP contribution in [0.1, 0.15) is 24.2 Å². The SMILES string of the molecule is C[C@H](Cc1ccc(OCC(=O)[O-])cc1)NC[C@H](O)c1cccc(Cl)c1.[Na+]. The molecule has 0 saturated heterocycles. The number of aliphatic hydroxyl groups is 1. The Morgan fingerprint density at radius 2 is 1.96 bits per heavy atom. The Balaban J connectivity index is 0.00000338. The fraction of sp³-hybridized carbons (Fsp3) is 0.316. The number of benzene rings is 2. The van der Waals surface area contributed by atoms with Crippen molar-refractivity contribution in [1.29, 1.82) is 0 Å². The van der Waals surface area contributed by atoms with Crippen molar-refractivity contribution in [2.24, 2.45) is 0 Å². The van der Waals surface area contributed by atoms with Gasteiger partial charge in [0, 0.05) is 17.6 Å². The van der Waals surface area contributed by atoms with Crippen LogP contribution in [0.2, 0.25) is 5.02 Å². The first-order valence-corrected chi connectivity index (χ1v) is 8.40. The number of carbonyl (C=O) groups is 1. The number of carboxylic acid groups (broad SMARTS) is 1. The van der Waals surface area contributed by atoms with E-state index in [0.717, 1.165) is 17.5 Å². The molecule has 0 radical (unpaired) electrons. The normalized spacial score (nSPS) is 12.7. The van der Waals surface area contributed by atoms with E-state index >= 15 is 0 Å². The Bertz CT molecular complexity index is 696. The monoisotopic (exact) mass is 385 g/mol. The molecule has 26 heavy (non-hydrogen) atoms. The summed E-state index contributed by atoms with van der Waals surface area (Å²) < 4.78 is 5.04. The number of aliphatic hydroxyl groups excluding tert-OH is 1. The van der Waals surface area contributed by atoms with E-state index in [-0.39, 0.29) is 35.6 Å². The second-order valence-corrected chi connectivity index (χ2v) is 6.33. The van der Waals surface area contributed by atoms with E-state index < -0.39 is 18.7 Å². The Kier molecular flexibility index (Phi) is 10.2. The van der Waals surface area contributed by atoms with Gasteiger partial charge in [0.1, 0.15) is 12.4 Å². The topological polar surface area (TPSA) is 81.6 Å². The maximum absolute atomic E-state index is 10.4. The van der Waals surface area contributed by atoms with E-state index in [9.17, 15) is 15.0 Å². The standard InChI is InChI=1S/C19H22ClNO4.Na/c1-13(21-11-18(22)15-3-2-4-16(20)10-15)9-14-5-7-17(8-6-14)25-12-19(23)24;/h2-8,10,13,18,21-22H,9,11-12H2,1H3,(H,23,24);/q;+1/p-1/t13-,18+;/m1./s1. The Morgan fingerprint density at radius 3 is 2.58 bits per heavy atom. The second-order valence-electron chi connectivity index (χ2n) is 5.89. The van der Waals surface area contributed by atoms with Crippen molar-refractivity contribution in [1.82, 2.24) is 5.32 Å². The molecule has 0 aromatic heterocycles. The molecule has 0 unspecified atom stereocenters. The molecule has 2 aromatic carbocycles. The van der Waals surface area contributed by atoms with Crippen LogP contribution in [0.15, 0.2) is 48.5 Å². The van der Waals surface area contributed by atoms with Crippen molar-refractivity contribution in [3.8, 4) is 5.75 Å². The zero-order valence-corrected chi connectivity index (χ0v) is 17.7. The fourth-order valence-corrected chi connectivity index (χ4v) is 2.63. The molecule has 0 amide bonds. The van der Waals surface area contributed by atoms with Gasteiger partial charge in [-0.25, -0.2) is 0 Å². The summed E-state index contributed by atoms with van der Waals surface area (Å²) in [6.45, 7) is 2.00. The van der Waals surface area contributed by atoms with Gasteiger partial charge in [-0.3, -0.25) is 0 Å². The van der Waals surface area contributed by atoms with Crippen LogP contribution in [0.4, 0.5) is 0 Å². The fourth-order valence-electron chi connectivity index (χ4n) is 2.43. The molecule has 0 aliphatic heterocycles. The Hall–Kier alpha value is -1.08. The number of rotatable bonds is 9. The van der Waals surface area contributed by atoms with Gasteiger partial charge >= 0.3 is 29.6 Å². The number of aliphatic carboxylic acids is 1. The third-order valence-electron chi connectivity index (χ3n) is 3.72. The number of carbonyl (C=O) groups excluding carboxylic acids is 1. The minimum atomic E-state index is -1.25. The predicted molar refractivity (Wildman–Crippen MR) is 94.5 cm³/mol. The summed E-state index contributed by atoms with van der Waals surface area (Å²) in [7, 11) is 0. The summed E-state index contributed by atoms with van der Waals surface area (Å²) in [5.74, 6) is -0.759. The third kappa shape index (κ3) is 8.08. The van der Waals surface area contributed by atoms with Gasteiger partial charge in [0.05, 0.1) is 12.1 Å². The molecule has 0 bridgehead atoms. The van der Waals surface area contributed by atoms with E-state index in [1.165, 1.54) is 0 Å². The zero-order valence-electron chi connectivity index (χ0n) is 14.9. The largest absolute Gasteiger partial charge is 1.00 e. The van der Waals surface area contributed by atoms with Crippen LogP contribution >= 0.6 is 11.6 Å². The van der Waals surface area contributed by atoms with Crippen LogP contribution < -0.4 is 44.7 Å². The molecule has 2 aromatic rings. The van der Waals surface area contributed by atoms with Crippen molar-refractivity contribution < 1.29 is 49.3 Å². The van der Waals surface area contributed by atoms with Crippen LogP contribution in [0.25, 0.3) is 0 Å². The summed E-state index contributed by atoms with van der Waals surface area (Å²) in [5, 5.41) is 24.5. The number of ether oxygens (including phenoxy) is 1. The van der Waals surface area contributed by atoms with Gasteiger partial charge in [0.25, 0.3) is 0 Å². The minimum absolute atomic E-state index is 0. The average molecular weight is 386 g/mol. The molecule has 0 aliphatic carbocycles. The number of halogens is 1. The summed E-state index contributed by atoms with van der Waals surface area (Å²) in [4.78, 5) is 10.4. The van der Waals surface area contributed by atoms with Crippen LogP contribution in [0.3, 0.4) is 0 Å². The van der Waals surface area contributed by atoms with E-state index in [1.54, 1.807) is 24.3 Å². The van der Waals surface area contributed by atoms with Crippen molar-refractivity contribution >= 4 is 17.6 Å². The van der Waals surface area contributed by atoms with Gasteiger partial charge in [-0.05, 0) is 48.7 Å². The van der Waals surface area contributed by atoms with Gasteiger partial charge < -0.3 is 25.1 Å². The Labute approximate surface area is 180 Å². The summed E-state index contributed by atoms with van der Waals surface area (Å²) in [5.41, 5.74) is 1.86. The maximum Gasteiger partial charge on any atom is 1.00 e. The van der Waals surface area contributed by atoms with Gasteiger partial charge in [-0.1, -0.05) is 35.9 Å². The zero-order chi connectivity index (χ0) is 18.2. The predicted octanol–water partition coefficient (Wildman–Crippen LogP) is -1.27. The maximum atomic E-state index is 10.4. The molecular weight excluding hydrogens is 365 g/mol. The van der Waals surface area contributed by atoms with E-state index in [0.29, 0.717) is 17.3 Å². The summed E-state index contributed by atoms with van der Waals surface area (Å²) in [6.07, 6.45) is 0.143. The molecule has 0 saturated carbocycles. The van der Waals surface area contributed by atoms with E-state index in [2.05, 4.69) is 5.32 Å². The molecule has 2 atom stereocenters. The Morgan fingerprint density at radius 1 is 1.27 bits per heavy atom. The molecule has 5 nitrogen and oxygen atoms in total. The molecule has 2 N–H and O–H groups in total. The van der Waals surface area contributed by atoms with Crippen molar-refractivity contribution in [2.75, 3.05) is 13.2 Å². The van der Waals surface area contributed by atoms with E-state index in [4.69, 9.17) is 16.3 Å². The third-order valence-corrected chi connectivity index (χ3v) is 3.95.